The first-order valence-electron chi connectivity index (χ1n) is 6.49. The second-order valence-corrected chi connectivity index (χ2v) is 7.18. The largest absolute Gasteiger partial charge is 0.409 e. The van der Waals surface area contributed by atoms with Crippen LogP contribution in [0.3, 0.4) is 0 Å². The van der Waals surface area contributed by atoms with Crippen LogP contribution in [-0.2, 0) is 22.8 Å². The Hall–Kier alpha value is -2.09. The number of aryl methyl sites for hydroxylation is 1. The summed E-state index contributed by atoms with van der Waals surface area (Å²) >= 11 is 0. The Morgan fingerprint density at radius 1 is 1.43 bits per heavy atom. The molecule has 2 aromatic rings. The Bertz CT molecular complexity index is 765. The number of rotatable bonds is 6. The summed E-state index contributed by atoms with van der Waals surface area (Å²) in [6.45, 7) is 0.516. The van der Waals surface area contributed by atoms with Crippen molar-refractivity contribution in [1.82, 2.24) is 9.55 Å². The summed E-state index contributed by atoms with van der Waals surface area (Å²) in [6.07, 6.45) is 1.92. The summed E-state index contributed by atoms with van der Waals surface area (Å²) in [5.41, 5.74) is 7.26. The molecule has 1 aromatic carbocycles. The molecule has 0 fully saturated rings. The monoisotopic (exact) mass is 310 g/mol. The lowest BCUT2D eigenvalue weighted by Crippen LogP contribution is -2.18. The van der Waals surface area contributed by atoms with E-state index in [9.17, 15) is 8.42 Å². The Morgan fingerprint density at radius 3 is 2.81 bits per heavy atom. The van der Waals surface area contributed by atoms with E-state index in [2.05, 4.69) is 10.1 Å². The molecule has 0 saturated carbocycles. The molecule has 2 rings (SSSR count). The van der Waals surface area contributed by atoms with E-state index in [4.69, 9.17) is 10.9 Å². The van der Waals surface area contributed by atoms with Gasteiger partial charge in [-0.25, -0.2) is 13.4 Å². The number of benzene rings is 1. The van der Waals surface area contributed by atoms with Crippen LogP contribution in [0, 0.1) is 0 Å². The molecule has 0 unspecified atom stereocenters. The molecule has 0 atom stereocenters. The summed E-state index contributed by atoms with van der Waals surface area (Å²) < 4.78 is 24.4. The molecule has 0 amide bonds. The highest BCUT2D eigenvalue weighted by molar-refractivity contribution is 7.90. The number of aromatic nitrogens is 2. The van der Waals surface area contributed by atoms with Gasteiger partial charge in [-0.1, -0.05) is 17.3 Å². The normalized spacial score (nSPS) is 12.9. The molecule has 0 bridgehead atoms. The topological polar surface area (TPSA) is 111 Å². The number of oxime groups is 1. The van der Waals surface area contributed by atoms with E-state index in [0.717, 1.165) is 11.0 Å². The van der Waals surface area contributed by atoms with Gasteiger partial charge in [0.2, 0.25) is 0 Å². The second-order valence-electron chi connectivity index (χ2n) is 4.92. The van der Waals surface area contributed by atoms with Crippen molar-refractivity contribution >= 4 is 26.7 Å². The van der Waals surface area contributed by atoms with Gasteiger partial charge in [0, 0.05) is 12.8 Å². The van der Waals surface area contributed by atoms with Gasteiger partial charge in [0.05, 0.1) is 23.2 Å². The summed E-state index contributed by atoms with van der Waals surface area (Å²) in [4.78, 5) is 4.46. The Morgan fingerprint density at radius 2 is 2.14 bits per heavy atom. The quantitative estimate of drug-likeness (QED) is 0.354. The molecule has 1 aromatic heterocycles. The Kier molecular flexibility index (Phi) is 4.46. The standard InChI is InChI=1S/C13H18N4O3S/c1-21(19,20)8-4-7-17-11-6-3-2-5-10(11)15-13(17)9-12(14)16-18/h2-3,5-6,18H,4,7-9H2,1H3,(H2,14,16). The molecule has 0 radical (unpaired) electrons. The van der Waals surface area contributed by atoms with E-state index in [1.54, 1.807) is 0 Å². The lowest BCUT2D eigenvalue weighted by atomic mass is 10.3. The van der Waals surface area contributed by atoms with Gasteiger partial charge in [0.25, 0.3) is 0 Å². The fraction of sp³-hybridized carbons (Fsp3) is 0.385. The minimum Gasteiger partial charge on any atom is -0.409 e. The molecule has 3 N–H and O–H groups in total. The minimum absolute atomic E-state index is 0.0645. The first-order chi connectivity index (χ1) is 9.90. The number of para-hydroxylation sites is 2. The molecule has 0 aliphatic carbocycles. The molecule has 0 saturated heterocycles. The van der Waals surface area contributed by atoms with Crippen molar-refractivity contribution in [3.05, 3.63) is 30.1 Å². The highest BCUT2D eigenvalue weighted by Crippen LogP contribution is 2.17. The van der Waals surface area contributed by atoms with Crippen LogP contribution in [0.4, 0.5) is 0 Å². The Labute approximate surface area is 123 Å². The third-order valence-electron chi connectivity index (χ3n) is 3.10. The van der Waals surface area contributed by atoms with E-state index >= 15 is 0 Å². The number of fused-ring (bicyclic) bond motifs is 1. The zero-order valence-corrected chi connectivity index (χ0v) is 12.5. The van der Waals surface area contributed by atoms with E-state index in [1.165, 1.54) is 6.26 Å². The minimum atomic E-state index is -2.99. The fourth-order valence-electron chi connectivity index (χ4n) is 2.19. The molecule has 7 nitrogen and oxygen atoms in total. The lowest BCUT2D eigenvalue weighted by Gasteiger charge is -2.08. The lowest BCUT2D eigenvalue weighted by molar-refractivity contribution is 0.317. The SMILES string of the molecule is CS(=O)(=O)CCCn1c(CC(N)=NO)nc2ccccc21. The van der Waals surface area contributed by atoms with Crippen LogP contribution in [0.5, 0.6) is 0 Å². The van der Waals surface area contributed by atoms with Gasteiger partial charge in [0.15, 0.2) is 0 Å². The van der Waals surface area contributed by atoms with Crippen LogP contribution < -0.4 is 5.73 Å². The molecule has 0 aliphatic rings. The van der Waals surface area contributed by atoms with Crippen molar-refractivity contribution in [2.45, 2.75) is 19.4 Å². The maximum atomic E-state index is 11.2. The first kappa shape index (κ1) is 15.3. The highest BCUT2D eigenvalue weighted by Gasteiger charge is 2.12. The highest BCUT2D eigenvalue weighted by atomic mass is 32.2. The maximum Gasteiger partial charge on any atom is 0.147 e. The predicted octanol–water partition coefficient (Wildman–Crippen LogP) is 0.760. The third-order valence-corrected chi connectivity index (χ3v) is 4.13. The van der Waals surface area contributed by atoms with Crippen LogP contribution in [0.2, 0.25) is 0 Å². The van der Waals surface area contributed by atoms with Crippen molar-refractivity contribution in [2.75, 3.05) is 12.0 Å². The molecule has 0 aliphatic heterocycles. The Balaban J connectivity index is 2.31. The van der Waals surface area contributed by atoms with Gasteiger partial charge in [-0.15, -0.1) is 0 Å². The smallest absolute Gasteiger partial charge is 0.147 e. The van der Waals surface area contributed by atoms with Gasteiger partial charge in [-0.2, -0.15) is 0 Å². The van der Waals surface area contributed by atoms with Crippen LogP contribution in [0.15, 0.2) is 29.4 Å². The van der Waals surface area contributed by atoms with Crippen LogP contribution in [0.25, 0.3) is 11.0 Å². The van der Waals surface area contributed by atoms with Gasteiger partial charge >= 0.3 is 0 Å². The second kappa shape index (κ2) is 6.13. The average molecular weight is 310 g/mol. The predicted molar refractivity (Wildman–Crippen MR) is 81.2 cm³/mol. The molecule has 21 heavy (non-hydrogen) atoms. The number of amidine groups is 1. The number of imidazole rings is 1. The molecular weight excluding hydrogens is 292 g/mol. The molecule has 0 spiro atoms. The van der Waals surface area contributed by atoms with Gasteiger partial charge < -0.3 is 15.5 Å². The molecule has 1 heterocycles. The number of hydrogen-bond acceptors (Lipinski definition) is 5. The number of nitrogens with two attached hydrogens (primary N) is 1. The summed E-state index contributed by atoms with van der Waals surface area (Å²) in [5, 5.41) is 11.7. The van der Waals surface area contributed by atoms with Crippen molar-refractivity contribution in [2.24, 2.45) is 10.9 Å². The van der Waals surface area contributed by atoms with Gasteiger partial charge in [-0.3, -0.25) is 0 Å². The summed E-state index contributed by atoms with van der Waals surface area (Å²) in [5.74, 6) is 0.831. The molecular formula is C13H18N4O3S. The zero-order chi connectivity index (χ0) is 15.5. The van der Waals surface area contributed by atoms with Crippen LogP contribution >= 0.6 is 0 Å². The maximum absolute atomic E-state index is 11.2. The van der Waals surface area contributed by atoms with Crippen molar-refractivity contribution in [3.63, 3.8) is 0 Å². The van der Waals surface area contributed by atoms with Crippen molar-refractivity contribution in [1.29, 1.82) is 0 Å². The first-order valence-corrected chi connectivity index (χ1v) is 8.55. The molecule has 114 valence electrons. The van der Waals surface area contributed by atoms with E-state index < -0.39 is 9.84 Å². The van der Waals surface area contributed by atoms with Crippen molar-refractivity contribution in [3.8, 4) is 0 Å². The van der Waals surface area contributed by atoms with Gasteiger partial charge in [-0.05, 0) is 18.6 Å². The molecule has 8 heteroatoms. The van der Waals surface area contributed by atoms with Crippen LogP contribution in [0.1, 0.15) is 12.2 Å². The van der Waals surface area contributed by atoms with E-state index in [0.29, 0.717) is 18.8 Å². The summed E-state index contributed by atoms with van der Waals surface area (Å²) in [6, 6.07) is 7.56. The summed E-state index contributed by atoms with van der Waals surface area (Å²) in [7, 11) is -2.99. The number of sulfone groups is 1. The third kappa shape index (κ3) is 3.94. The van der Waals surface area contributed by atoms with Crippen molar-refractivity contribution < 1.29 is 13.6 Å². The zero-order valence-electron chi connectivity index (χ0n) is 11.7. The number of nitrogens with zero attached hydrogens (tertiary/aromatic N) is 3. The number of hydrogen-bond donors (Lipinski definition) is 2. The average Bonchev–Trinajstić information content (AvgIpc) is 2.75. The van der Waals surface area contributed by atoms with Crippen LogP contribution in [-0.4, -0.2) is 41.0 Å². The van der Waals surface area contributed by atoms with Gasteiger partial charge in [0.1, 0.15) is 21.5 Å². The van der Waals surface area contributed by atoms with E-state index in [-0.39, 0.29) is 18.0 Å². The van der Waals surface area contributed by atoms with E-state index in [1.807, 2.05) is 28.8 Å². The fourth-order valence-corrected chi connectivity index (χ4v) is 2.85.